The van der Waals surface area contributed by atoms with E-state index in [0.29, 0.717) is 12.3 Å². The van der Waals surface area contributed by atoms with Crippen molar-refractivity contribution < 1.29 is 9.53 Å². The van der Waals surface area contributed by atoms with E-state index in [-0.39, 0.29) is 5.78 Å². The lowest BCUT2D eigenvalue weighted by atomic mass is 9.89. The van der Waals surface area contributed by atoms with Gasteiger partial charge in [-0.3, -0.25) is 0 Å². The summed E-state index contributed by atoms with van der Waals surface area (Å²) in [6, 6.07) is 8.10. The van der Waals surface area contributed by atoms with E-state index in [2.05, 4.69) is 19.1 Å². The summed E-state index contributed by atoms with van der Waals surface area (Å²) in [6.07, 6.45) is 5.35. The summed E-state index contributed by atoms with van der Waals surface area (Å²) >= 11 is 0. The van der Waals surface area contributed by atoms with E-state index in [1.54, 1.807) is 14.0 Å². The average Bonchev–Trinajstić information content (AvgIpc) is 2.37. The van der Waals surface area contributed by atoms with Gasteiger partial charge in [0.1, 0.15) is 11.5 Å². The normalized spacial score (nSPS) is 12.2. The highest BCUT2D eigenvalue weighted by atomic mass is 16.5. The van der Waals surface area contributed by atoms with Crippen molar-refractivity contribution in [3.05, 3.63) is 29.8 Å². The van der Waals surface area contributed by atoms with E-state index in [0.717, 1.165) is 12.2 Å². The lowest BCUT2D eigenvalue weighted by Gasteiger charge is -2.16. The fourth-order valence-electron chi connectivity index (χ4n) is 2.27. The lowest BCUT2D eigenvalue weighted by molar-refractivity contribution is -0.117. The molecule has 0 radical (unpaired) electrons. The maximum absolute atomic E-state index is 11.4. The fourth-order valence-corrected chi connectivity index (χ4v) is 2.27. The second-order valence-corrected chi connectivity index (χ2v) is 4.88. The van der Waals surface area contributed by atoms with Gasteiger partial charge in [-0.2, -0.15) is 0 Å². The number of hydrogen-bond donors (Lipinski definition) is 0. The van der Waals surface area contributed by atoms with Crippen LogP contribution in [0.5, 0.6) is 5.75 Å². The van der Waals surface area contributed by atoms with Crippen molar-refractivity contribution in [1.29, 1.82) is 0 Å². The topological polar surface area (TPSA) is 26.3 Å². The van der Waals surface area contributed by atoms with Crippen LogP contribution in [0.2, 0.25) is 0 Å². The third-order valence-corrected chi connectivity index (χ3v) is 3.26. The maximum Gasteiger partial charge on any atom is 0.130 e. The molecule has 0 aliphatic rings. The number of unbranched alkanes of at least 4 members (excludes halogenated alkanes) is 2. The molecule has 1 rings (SSSR count). The third kappa shape index (κ3) is 4.91. The highest BCUT2D eigenvalue weighted by Crippen LogP contribution is 2.28. The molecule has 2 heteroatoms. The highest BCUT2D eigenvalue weighted by molar-refractivity contribution is 5.76. The maximum atomic E-state index is 11.4. The average molecular weight is 248 g/mol. The SMILES string of the molecule is CCCCCC(CC(C)=O)c1cccc(OC)c1. The Morgan fingerprint density at radius 3 is 2.72 bits per heavy atom. The molecular weight excluding hydrogens is 224 g/mol. The predicted octanol–water partition coefficient (Wildman–Crippen LogP) is 4.34. The van der Waals surface area contributed by atoms with Gasteiger partial charge < -0.3 is 9.53 Å². The summed E-state index contributed by atoms with van der Waals surface area (Å²) in [5.41, 5.74) is 1.22. The van der Waals surface area contributed by atoms with Crippen molar-refractivity contribution in [3.63, 3.8) is 0 Å². The number of Topliss-reactive ketones (excluding diaryl/α,β-unsaturated/α-hetero) is 1. The summed E-state index contributed by atoms with van der Waals surface area (Å²) in [5.74, 6) is 1.47. The van der Waals surface area contributed by atoms with Crippen LogP contribution in [0, 0.1) is 0 Å². The van der Waals surface area contributed by atoms with E-state index in [9.17, 15) is 4.79 Å². The number of rotatable bonds is 8. The van der Waals surface area contributed by atoms with Crippen molar-refractivity contribution in [3.8, 4) is 5.75 Å². The zero-order valence-corrected chi connectivity index (χ0v) is 11.7. The van der Waals surface area contributed by atoms with Crippen LogP contribution in [-0.2, 0) is 4.79 Å². The molecule has 0 aliphatic heterocycles. The van der Waals surface area contributed by atoms with Gasteiger partial charge in [0.25, 0.3) is 0 Å². The van der Waals surface area contributed by atoms with Crippen LogP contribution in [0.25, 0.3) is 0 Å². The van der Waals surface area contributed by atoms with Crippen molar-refractivity contribution in [2.75, 3.05) is 7.11 Å². The van der Waals surface area contributed by atoms with Gasteiger partial charge in [0.15, 0.2) is 0 Å². The molecule has 2 nitrogen and oxygen atoms in total. The van der Waals surface area contributed by atoms with Crippen molar-refractivity contribution in [1.82, 2.24) is 0 Å². The first-order valence-corrected chi connectivity index (χ1v) is 6.80. The molecule has 0 bridgehead atoms. The van der Waals surface area contributed by atoms with Crippen LogP contribution >= 0.6 is 0 Å². The molecular formula is C16H24O2. The van der Waals surface area contributed by atoms with Gasteiger partial charge in [-0.25, -0.2) is 0 Å². The number of hydrogen-bond acceptors (Lipinski definition) is 2. The van der Waals surface area contributed by atoms with Gasteiger partial charge >= 0.3 is 0 Å². The number of carbonyl (C=O) groups excluding carboxylic acids is 1. The summed E-state index contributed by atoms with van der Waals surface area (Å²) < 4.78 is 5.25. The zero-order chi connectivity index (χ0) is 13.4. The minimum absolute atomic E-state index is 0.263. The minimum atomic E-state index is 0.263. The molecule has 0 amide bonds. The Kier molecular flexibility index (Phi) is 6.48. The molecule has 0 fully saturated rings. The molecule has 100 valence electrons. The van der Waals surface area contributed by atoms with Crippen LogP contribution in [-0.4, -0.2) is 12.9 Å². The Hall–Kier alpha value is -1.31. The fraction of sp³-hybridized carbons (Fsp3) is 0.562. The summed E-state index contributed by atoms with van der Waals surface area (Å²) in [4.78, 5) is 11.4. The Morgan fingerprint density at radius 2 is 2.11 bits per heavy atom. The minimum Gasteiger partial charge on any atom is -0.497 e. The van der Waals surface area contributed by atoms with Crippen LogP contribution in [0.15, 0.2) is 24.3 Å². The number of ketones is 1. The van der Waals surface area contributed by atoms with Crippen LogP contribution in [0.4, 0.5) is 0 Å². The second kappa shape index (κ2) is 7.91. The molecule has 18 heavy (non-hydrogen) atoms. The second-order valence-electron chi connectivity index (χ2n) is 4.88. The summed E-state index contributed by atoms with van der Waals surface area (Å²) in [7, 11) is 1.68. The van der Waals surface area contributed by atoms with Gasteiger partial charge in [-0.15, -0.1) is 0 Å². The first-order valence-electron chi connectivity index (χ1n) is 6.80. The van der Waals surface area contributed by atoms with Gasteiger partial charge in [-0.1, -0.05) is 38.3 Å². The first kappa shape index (κ1) is 14.7. The molecule has 1 atom stereocenters. The Labute approximate surface area is 110 Å². The van der Waals surface area contributed by atoms with Gasteiger partial charge in [0.2, 0.25) is 0 Å². The van der Waals surface area contributed by atoms with Gasteiger partial charge in [-0.05, 0) is 37.0 Å². The van der Waals surface area contributed by atoms with Gasteiger partial charge in [0, 0.05) is 6.42 Å². The Balaban J connectivity index is 2.75. The van der Waals surface area contributed by atoms with Crippen LogP contribution < -0.4 is 4.74 Å². The zero-order valence-electron chi connectivity index (χ0n) is 11.7. The molecule has 1 aromatic rings. The van der Waals surface area contributed by atoms with E-state index < -0.39 is 0 Å². The van der Waals surface area contributed by atoms with E-state index in [1.807, 2.05) is 12.1 Å². The Morgan fingerprint density at radius 1 is 1.33 bits per heavy atom. The molecule has 0 aliphatic carbocycles. The largest absolute Gasteiger partial charge is 0.497 e. The molecule has 0 saturated heterocycles. The number of methoxy groups -OCH3 is 1. The lowest BCUT2D eigenvalue weighted by Crippen LogP contribution is -2.05. The van der Waals surface area contributed by atoms with Crippen molar-refractivity contribution >= 4 is 5.78 Å². The monoisotopic (exact) mass is 248 g/mol. The summed E-state index contributed by atoms with van der Waals surface area (Å²) in [5, 5.41) is 0. The van der Waals surface area contributed by atoms with Crippen molar-refractivity contribution in [2.45, 2.75) is 51.9 Å². The molecule has 1 unspecified atom stereocenters. The van der Waals surface area contributed by atoms with E-state index >= 15 is 0 Å². The number of ether oxygens (including phenoxy) is 1. The van der Waals surface area contributed by atoms with E-state index in [1.165, 1.54) is 24.8 Å². The molecule has 0 aromatic heterocycles. The molecule has 0 spiro atoms. The molecule has 0 N–H and O–H groups in total. The molecule has 1 aromatic carbocycles. The van der Waals surface area contributed by atoms with Crippen LogP contribution in [0.1, 0.15) is 57.4 Å². The number of benzene rings is 1. The van der Waals surface area contributed by atoms with Crippen LogP contribution in [0.3, 0.4) is 0 Å². The highest BCUT2D eigenvalue weighted by Gasteiger charge is 2.14. The number of carbonyl (C=O) groups is 1. The predicted molar refractivity (Wildman–Crippen MR) is 75.2 cm³/mol. The standard InChI is InChI=1S/C16H24O2/c1-4-5-6-8-14(11-13(2)17)15-9-7-10-16(12-15)18-3/h7,9-10,12,14H,4-6,8,11H2,1-3H3. The third-order valence-electron chi connectivity index (χ3n) is 3.26. The Bertz CT molecular complexity index is 371. The van der Waals surface area contributed by atoms with E-state index in [4.69, 9.17) is 4.74 Å². The molecule has 0 heterocycles. The van der Waals surface area contributed by atoms with Crippen molar-refractivity contribution in [2.24, 2.45) is 0 Å². The molecule has 0 saturated carbocycles. The summed E-state index contributed by atoms with van der Waals surface area (Å²) in [6.45, 7) is 3.87. The van der Waals surface area contributed by atoms with Gasteiger partial charge in [0.05, 0.1) is 7.11 Å². The first-order chi connectivity index (χ1) is 8.67. The quantitative estimate of drug-likeness (QED) is 0.640. The smallest absolute Gasteiger partial charge is 0.130 e.